The molecule has 0 aromatic rings. The Balaban J connectivity index is 1.99. The fraction of sp³-hybridized carbons (Fsp3) is 1.00. The third-order valence-corrected chi connectivity index (χ3v) is 3.16. The van der Waals surface area contributed by atoms with Crippen LogP contribution in [0, 0.1) is 5.92 Å². The highest BCUT2D eigenvalue weighted by Gasteiger charge is 2.20. The highest BCUT2D eigenvalue weighted by molar-refractivity contribution is 4.76. The van der Waals surface area contributed by atoms with Crippen LogP contribution in [0.3, 0.4) is 0 Å². The lowest BCUT2D eigenvalue weighted by atomic mass is 10.00. The summed E-state index contributed by atoms with van der Waals surface area (Å²) in [4.78, 5) is 0. The molecule has 0 radical (unpaired) electrons. The van der Waals surface area contributed by atoms with Gasteiger partial charge in [0.1, 0.15) is 0 Å². The van der Waals surface area contributed by atoms with Crippen LogP contribution in [0.15, 0.2) is 0 Å². The molecule has 2 N–H and O–H groups in total. The Kier molecular flexibility index (Phi) is 5.40. The molecule has 13 heavy (non-hydrogen) atoms. The van der Waals surface area contributed by atoms with Gasteiger partial charge in [-0.25, -0.2) is 0 Å². The van der Waals surface area contributed by atoms with Gasteiger partial charge < -0.3 is 10.4 Å². The maximum atomic E-state index is 8.62. The number of nitrogens with one attached hydrogen (secondary N) is 1. The van der Waals surface area contributed by atoms with E-state index in [1.54, 1.807) is 0 Å². The maximum Gasteiger partial charge on any atom is 0.0431 e. The van der Waals surface area contributed by atoms with Crippen LogP contribution in [0.2, 0.25) is 0 Å². The van der Waals surface area contributed by atoms with Crippen molar-refractivity contribution in [3.8, 4) is 0 Å². The smallest absolute Gasteiger partial charge is 0.0431 e. The maximum absolute atomic E-state index is 8.62. The van der Waals surface area contributed by atoms with Gasteiger partial charge in [0.15, 0.2) is 0 Å². The third-order valence-electron chi connectivity index (χ3n) is 3.16. The van der Waals surface area contributed by atoms with E-state index in [0.29, 0.717) is 12.6 Å². The molecule has 1 rings (SSSR count). The first-order valence-electron chi connectivity index (χ1n) is 5.69. The second-order valence-corrected chi connectivity index (χ2v) is 4.22. The van der Waals surface area contributed by atoms with E-state index in [0.717, 1.165) is 25.3 Å². The summed E-state index contributed by atoms with van der Waals surface area (Å²) < 4.78 is 0. The molecular formula is C11H23NO. The fourth-order valence-electron chi connectivity index (χ4n) is 2.19. The average Bonchev–Trinajstić information content (AvgIpc) is 2.65. The topological polar surface area (TPSA) is 32.3 Å². The van der Waals surface area contributed by atoms with E-state index < -0.39 is 0 Å². The van der Waals surface area contributed by atoms with Gasteiger partial charge in [-0.1, -0.05) is 12.8 Å². The van der Waals surface area contributed by atoms with Crippen molar-refractivity contribution in [3.05, 3.63) is 0 Å². The first-order chi connectivity index (χ1) is 6.34. The molecule has 0 unspecified atom stereocenters. The van der Waals surface area contributed by atoms with Gasteiger partial charge >= 0.3 is 0 Å². The lowest BCUT2D eigenvalue weighted by molar-refractivity contribution is 0.280. The lowest BCUT2D eigenvalue weighted by Crippen LogP contribution is -2.32. The highest BCUT2D eigenvalue weighted by atomic mass is 16.2. The molecule has 1 atom stereocenters. The van der Waals surface area contributed by atoms with Crippen molar-refractivity contribution >= 4 is 0 Å². The van der Waals surface area contributed by atoms with Crippen LogP contribution in [-0.2, 0) is 0 Å². The van der Waals surface area contributed by atoms with Crippen LogP contribution >= 0.6 is 0 Å². The molecule has 1 aliphatic rings. The van der Waals surface area contributed by atoms with Crippen molar-refractivity contribution in [3.63, 3.8) is 0 Å². The van der Waals surface area contributed by atoms with E-state index in [1.807, 2.05) is 0 Å². The summed E-state index contributed by atoms with van der Waals surface area (Å²) >= 11 is 0. The van der Waals surface area contributed by atoms with Gasteiger partial charge in [0.2, 0.25) is 0 Å². The van der Waals surface area contributed by atoms with Gasteiger partial charge in [-0.3, -0.25) is 0 Å². The predicted octanol–water partition coefficient (Wildman–Crippen LogP) is 1.93. The van der Waals surface area contributed by atoms with Gasteiger partial charge in [-0.15, -0.1) is 0 Å². The molecule has 78 valence electrons. The number of hydrogen-bond donors (Lipinski definition) is 2. The molecular weight excluding hydrogens is 162 g/mol. The molecule has 0 heterocycles. The standard InChI is InChI=1S/C11H23NO/c1-10(11-6-2-3-7-11)12-8-4-5-9-13/h10-13H,2-9H2,1H3/t10-/m0/s1. The molecule has 0 aromatic carbocycles. The summed E-state index contributed by atoms with van der Waals surface area (Å²) in [6.07, 6.45) is 7.71. The first kappa shape index (κ1) is 11.0. The number of unbranched alkanes of at least 4 members (excludes halogenated alkanes) is 1. The van der Waals surface area contributed by atoms with E-state index >= 15 is 0 Å². The van der Waals surface area contributed by atoms with Crippen molar-refractivity contribution in [2.24, 2.45) is 5.92 Å². The van der Waals surface area contributed by atoms with Crippen molar-refractivity contribution in [2.45, 2.75) is 51.5 Å². The molecule has 0 aromatic heterocycles. The normalized spacial score (nSPS) is 20.8. The van der Waals surface area contributed by atoms with Crippen molar-refractivity contribution in [2.75, 3.05) is 13.2 Å². The van der Waals surface area contributed by atoms with Crippen LogP contribution < -0.4 is 5.32 Å². The van der Waals surface area contributed by atoms with Gasteiger partial charge in [-0.2, -0.15) is 0 Å². The largest absolute Gasteiger partial charge is 0.396 e. The van der Waals surface area contributed by atoms with Gasteiger partial charge in [0.05, 0.1) is 0 Å². The van der Waals surface area contributed by atoms with Gasteiger partial charge in [0, 0.05) is 12.6 Å². The Morgan fingerprint density at radius 1 is 1.31 bits per heavy atom. The fourth-order valence-corrected chi connectivity index (χ4v) is 2.19. The Bertz CT molecular complexity index is 121. The monoisotopic (exact) mass is 185 g/mol. The number of hydrogen-bond acceptors (Lipinski definition) is 2. The number of aliphatic hydroxyl groups is 1. The zero-order valence-corrected chi connectivity index (χ0v) is 8.76. The molecule has 1 aliphatic carbocycles. The van der Waals surface area contributed by atoms with Crippen molar-refractivity contribution in [1.29, 1.82) is 0 Å². The van der Waals surface area contributed by atoms with Crippen LogP contribution in [0.1, 0.15) is 45.4 Å². The van der Waals surface area contributed by atoms with Gasteiger partial charge in [-0.05, 0) is 45.1 Å². The van der Waals surface area contributed by atoms with E-state index in [9.17, 15) is 0 Å². The lowest BCUT2D eigenvalue weighted by Gasteiger charge is -2.20. The summed E-state index contributed by atoms with van der Waals surface area (Å²) in [5.41, 5.74) is 0. The van der Waals surface area contributed by atoms with Crippen LogP contribution in [0.5, 0.6) is 0 Å². The molecule has 2 heteroatoms. The summed E-state index contributed by atoms with van der Waals surface area (Å²) in [6.45, 7) is 3.70. The Hall–Kier alpha value is -0.0800. The Morgan fingerprint density at radius 2 is 2.00 bits per heavy atom. The zero-order valence-electron chi connectivity index (χ0n) is 8.76. The van der Waals surface area contributed by atoms with Crippen molar-refractivity contribution < 1.29 is 5.11 Å². The average molecular weight is 185 g/mol. The minimum Gasteiger partial charge on any atom is -0.396 e. The summed E-state index contributed by atoms with van der Waals surface area (Å²) in [7, 11) is 0. The minimum absolute atomic E-state index is 0.333. The number of aliphatic hydroxyl groups excluding tert-OH is 1. The molecule has 1 saturated carbocycles. The minimum atomic E-state index is 0.333. The first-order valence-corrected chi connectivity index (χ1v) is 5.69. The molecule has 0 aliphatic heterocycles. The predicted molar refractivity (Wildman–Crippen MR) is 55.7 cm³/mol. The van der Waals surface area contributed by atoms with Crippen LogP contribution in [0.25, 0.3) is 0 Å². The zero-order chi connectivity index (χ0) is 9.52. The molecule has 1 fully saturated rings. The summed E-state index contributed by atoms with van der Waals surface area (Å²) in [5.74, 6) is 0.911. The SMILES string of the molecule is C[C@H](NCCCCO)C1CCCC1. The van der Waals surface area contributed by atoms with E-state index in [-0.39, 0.29) is 0 Å². The molecule has 0 amide bonds. The van der Waals surface area contributed by atoms with E-state index in [1.165, 1.54) is 25.7 Å². The third kappa shape index (κ3) is 4.10. The van der Waals surface area contributed by atoms with Crippen LogP contribution in [-0.4, -0.2) is 24.3 Å². The van der Waals surface area contributed by atoms with Crippen LogP contribution in [0.4, 0.5) is 0 Å². The molecule has 0 bridgehead atoms. The van der Waals surface area contributed by atoms with Gasteiger partial charge in [0.25, 0.3) is 0 Å². The second-order valence-electron chi connectivity index (χ2n) is 4.22. The molecule has 0 saturated heterocycles. The van der Waals surface area contributed by atoms with E-state index in [4.69, 9.17) is 5.11 Å². The molecule has 0 spiro atoms. The van der Waals surface area contributed by atoms with Crippen molar-refractivity contribution in [1.82, 2.24) is 5.32 Å². The summed E-state index contributed by atoms with van der Waals surface area (Å²) in [5, 5.41) is 12.2. The van der Waals surface area contributed by atoms with E-state index in [2.05, 4.69) is 12.2 Å². The Labute approximate surface area is 81.7 Å². The number of rotatable bonds is 6. The second kappa shape index (κ2) is 6.39. The quantitative estimate of drug-likeness (QED) is 0.620. The highest BCUT2D eigenvalue weighted by Crippen LogP contribution is 2.27. The molecule has 2 nitrogen and oxygen atoms in total. The Morgan fingerprint density at radius 3 is 2.62 bits per heavy atom. The summed E-state index contributed by atoms with van der Waals surface area (Å²) in [6, 6.07) is 0.682.